The largest absolute Gasteiger partial charge is 0.340 e. The van der Waals surface area contributed by atoms with Gasteiger partial charge in [0.1, 0.15) is 5.82 Å². The molecule has 1 heterocycles. The fraction of sp³-hybridized carbons (Fsp3) is 0.111. The first-order valence-electron chi connectivity index (χ1n) is 11.3. The zero-order valence-electron chi connectivity index (χ0n) is 19.7. The molecule has 0 atom stereocenters. The number of sulfonamides is 1. The molecule has 4 rings (SSSR count). The quantitative estimate of drug-likeness (QED) is 0.289. The number of thiocarbonyl (C=S) groups is 1. The zero-order chi connectivity index (χ0) is 26.4. The topological polar surface area (TPSA) is 79.5 Å². The Morgan fingerprint density at radius 3 is 2.11 bits per heavy atom. The molecular formula is C27H24ClFN4O2S2. The average molecular weight is 555 g/mol. The second-order valence-corrected chi connectivity index (χ2v) is 10.7. The minimum atomic E-state index is -3.86. The van der Waals surface area contributed by atoms with Gasteiger partial charge in [0.2, 0.25) is 10.0 Å². The summed E-state index contributed by atoms with van der Waals surface area (Å²) in [4.78, 5) is 7.96. The van der Waals surface area contributed by atoms with Crippen LogP contribution in [0.15, 0.2) is 102 Å². The van der Waals surface area contributed by atoms with Crippen molar-refractivity contribution in [2.24, 2.45) is 5.14 Å². The van der Waals surface area contributed by atoms with Gasteiger partial charge in [-0.15, -0.1) is 0 Å². The number of nitrogens with two attached hydrogens (primary N) is 1. The third kappa shape index (κ3) is 7.11. The maximum absolute atomic E-state index is 13.6. The summed E-state index contributed by atoms with van der Waals surface area (Å²) in [6.45, 7) is 1.22. The summed E-state index contributed by atoms with van der Waals surface area (Å²) in [7, 11) is -3.86. The number of halogens is 2. The first-order valence-corrected chi connectivity index (χ1v) is 13.6. The van der Waals surface area contributed by atoms with E-state index < -0.39 is 10.0 Å². The molecule has 0 aliphatic carbocycles. The molecule has 0 saturated heterocycles. The van der Waals surface area contributed by atoms with Crippen molar-refractivity contribution in [1.82, 2.24) is 9.88 Å². The normalized spacial score (nSPS) is 11.2. The second kappa shape index (κ2) is 11.8. The van der Waals surface area contributed by atoms with E-state index in [1.165, 1.54) is 24.3 Å². The molecule has 0 spiro atoms. The number of primary sulfonamides is 1. The number of aromatic nitrogens is 1. The Morgan fingerprint density at radius 1 is 0.865 bits per heavy atom. The van der Waals surface area contributed by atoms with Crippen molar-refractivity contribution in [2.45, 2.75) is 24.5 Å². The van der Waals surface area contributed by atoms with Gasteiger partial charge in [0.15, 0.2) is 5.11 Å². The van der Waals surface area contributed by atoms with E-state index in [-0.39, 0.29) is 10.7 Å². The lowest BCUT2D eigenvalue weighted by Gasteiger charge is -2.34. The van der Waals surface area contributed by atoms with Gasteiger partial charge in [-0.2, -0.15) is 0 Å². The van der Waals surface area contributed by atoms with E-state index in [0.29, 0.717) is 35.5 Å². The van der Waals surface area contributed by atoms with E-state index in [1.807, 2.05) is 46.2 Å². The van der Waals surface area contributed by atoms with Gasteiger partial charge < -0.3 is 9.80 Å². The Balaban J connectivity index is 1.73. The van der Waals surface area contributed by atoms with Gasteiger partial charge in [0, 0.05) is 36.2 Å². The van der Waals surface area contributed by atoms with Gasteiger partial charge >= 0.3 is 0 Å². The van der Waals surface area contributed by atoms with Crippen molar-refractivity contribution in [1.29, 1.82) is 0 Å². The highest BCUT2D eigenvalue weighted by molar-refractivity contribution is 7.89. The van der Waals surface area contributed by atoms with E-state index in [2.05, 4.69) is 4.98 Å². The Labute approximate surface area is 226 Å². The molecule has 10 heteroatoms. The van der Waals surface area contributed by atoms with Crippen molar-refractivity contribution in [3.63, 3.8) is 0 Å². The van der Waals surface area contributed by atoms with Crippen LogP contribution in [0.25, 0.3) is 0 Å². The van der Waals surface area contributed by atoms with Crippen LogP contribution in [0.5, 0.6) is 0 Å². The molecule has 0 aliphatic heterocycles. The molecule has 3 aromatic carbocycles. The monoisotopic (exact) mass is 554 g/mol. The van der Waals surface area contributed by atoms with Gasteiger partial charge in [-0.3, -0.25) is 4.98 Å². The third-order valence-corrected chi connectivity index (χ3v) is 7.45. The fourth-order valence-electron chi connectivity index (χ4n) is 3.76. The first-order chi connectivity index (χ1) is 17.7. The summed E-state index contributed by atoms with van der Waals surface area (Å²) in [6.07, 6.45) is 3.43. The van der Waals surface area contributed by atoms with Gasteiger partial charge in [-0.05, 0) is 83.5 Å². The van der Waals surface area contributed by atoms with Gasteiger partial charge in [-0.1, -0.05) is 41.9 Å². The standard InChI is InChI=1S/C27H24ClFN4O2S2/c28-26-4-2-1-3-22(26)19-32(17-21-13-15-31-16-14-21)27(36)33(18-20-5-7-23(29)8-6-20)24-9-11-25(12-10-24)37(30,34)35/h1-16H,17-19H2,(H2,30,34,35). The van der Waals surface area contributed by atoms with Crippen LogP contribution in [0.1, 0.15) is 16.7 Å². The van der Waals surface area contributed by atoms with Crippen LogP contribution in [0.4, 0.5) is 10.1 Å². The van der Waals surface area contributed by atoms with Crippen LogP contribution in [0, 0.1) is 5.82 Å². The van der Waals surface area contributed by atoms with E-state index in [1.54, 1.807) is 36.7 Å². The number of rotatable bonds is 8. The maximum atomic E-state index is 13.6. The van der Waals surface area contributed by atoms with Crippen LogP contribution >= 0.6 is 23.8 Å². The van der Waals surface area contributed by atoms with Crippen LogP contribution < -0.4 is 10.0 Å². The summed E-state index contributed by atoms with van der Waals surface area (Å²) >= 11 is 12.5. The van der Waals surface area contributed by atoms with Crippen LogP contribution in [0.2, 0.25) is 5.02 Å². The number of hydrogen-bond acceptors (Lipinski definition) is 4. The second-order valence-electron chi connectivity index (χ2n) is 8.34. The van der Waals surface area contributed by atoms with Crippen molar-refractivity contribution < 1.29 is 12.8 Å². The van der Waals surface area contributed by atoms with E-state index in [9.17, 15) is 12.8 Å². The molecule has 2 N–H and O–H groups in total. The number of nitrogens with zero attached hydrogens (tertiary/aromatic N) is 3. The summed E-state index contributed by atoms with van der Waals surface area (Å²) in [5.74, 6) is -0.339. The highest BCUT2D eigenvalue weighted by Crippen LogP contribution is 2.25. The molecule has 4 aromatic rings. The smallest absolute Gasteiger partial charge is 0.238 e. The van der Waals surface area contributed by atoms with E-state index in [4.69, 9.17) is 29.0 Å². The molecule has 0 fully saturated rings. The van der Waals surface area contributed by atoms with E-state index in [0.717, 1.165) is 16.7 Å². The molecule has 1 aromatic heterocycles. The van der Waals surface area contributed by atoms with Gasteiger partial charge in [0.25, 0.3) is 0 Å². The van der Waals surface area contributed by atoms with Crippen molar-refractivity contribution in [3.8, 4) is 0 Å². The molecule has 0 aliphatic rings. The van der Waals surface area contributed by atoms with E-state index >= 15 is 0 Å². The van der Waals surface area contributed by atoms with Crippen molar-refractivity contribution >= 4 is 44.6 Å². The molecule has 0 bridgehead atoms. The molecule has 37 heavy (non-hydrogen) atoms. The van der Waals surface area contributed by atoms with Gasteiger partial charge in [-0.25, -0.2) is 17.9 Å². The zero-order valence-corrected chi connectivity index (χ0v) is 22.1. The molecule has 0 saturated carbocycles. The van der Waals surface area contributed by atoms with Crippen LogP contribution in [-0.4, -0.2) is 23.4 Å². The highest BCUT2D eigenvalue weighted by atomic mass is 35.5. The lowest BCUT2D eigenvalue weighted by molar-refractivity contribution is 0.405. The highest BCUT2D eigenvalue weighted by Gasteiger charge is 2.21. The predicted molar refractivity (Wildman–Crippen MR) is 148 cm³/mol. The minimum absolute atomic E-state index is 0.00592. The summed E-state index contributed by atoms with van der Waals surface area (Å²) < 4.78 is 37.2. The molecule has 0 unspecified atom stereocenters. The molecule has 190 valence electrons. The van der Waals surface area contributed by atoms with Crippen molar-refractivity contribution in [3.05, 3.63) is 125 Å². The molecule has 0 radical (unpaired) electrons. The fourth-order valence-corrected chi connectivity index (χ4v) is 4.77. The van der Waals surface area contributed by atoms with Crippen LogP contribution in [0.3, 0.4) is 0 Å². The lowest BCUT2D eigenvalue weighted by atomic mass is 10.1. The Bertz CT molecular complexity index is 1470. The Hall–Kier alpha value is -3.37. The SMILES string of the molecule is NS(=O)(=O)c1ccc(N(Cc2ccc(F)cc2)C(=S)N(Cc2ccncc2)Cc2ccccc2Cl)cc1. The predicted octanol–water partition coefficient (Wildman–Crippen LogP) is 5.52. The Kier molecular flexibility index (Phi) is 8.50. The molecule has 0 amide bonds. The summed E-state index contributed by atoms with van der Waals surface area (Å²) in [6, 6.07) is 23.7. The average Bonchev–Trinajstić information content (AvgIpc) is 2.89. The summed E-state index contributed by atoms with van der Waals surface area (Å²) in [5, 5.41) is 6.38. The van der Waals surface area contributed by atoms with Crippen LogP contribution in [-0.2, 0) is 29.7 Å². The number of benzene rings is 3. The Morgan fingerprint density at radius 2 is 1.49 bits per heavy atom. The number of hydrogen-bond donors (Lipinski definition) is 1. The third-order valence-electron chi connectivity index (χ3n) is 5.67. The van der Waals surface area contributed by atoms with Gasteiger partial charge in [0.05, 0.1) is 11.4 Å². The molecular weight excluding hydrogens is 531 g/mol. The lowest BCUT2D eigenvalue weighted by Crippen LogP contribution is -2.42. The summed E-state index contributed by atoms with van der Waals surface area (Å²) in [5.41, 5.74) is 3.36. The number of pyridine rings is 1. The molecule has 6 nitrogen and oxygen atoms in total. The minimum Gasteiger partial charge on any atom is -0.340 e. The van der Waals surface area contributed by atoms with Crippen molar-refractivity contribution in [2.75, 3.05) is 4.90 Å². The first kappa shape index (κ1) is 26.7. The maximum Gasteiger partial charge on any atom is 0.238 e. The number of anilines is 1.